The number of hydrogen-bond donors (Lipinski definition) is 1. The normalized spacial score (nSPS) is 13.1. The molecule has 9 heteroatoms. The molecule has 1 aromatic heterocycles. The van der Waals surface area contributed by atoms with Gasteiger partial charge < -0.3 is 0 Å². The smallest absolute Gasteiger partial charge is 0.261 e. The molecule has 2 heterocycles. The van der Waals surface area contributed by atoms with Crippen molar-refractivity contribution in [3.05, 3.63) is 65.2 Å². The second-order valence-electron chi connectivity index (χ2n) is 7.79. The number of carbonyl (C=O) groups is 3. The summed E-state index contributed by atoms with van der Waals surface area (Å²) in [5.74, 6) is -0.608. The fourth-order valence-corrected chi connectivity index (χ4v) is 5.07. The van der Waals surface area contributed by atoms with Crippen LogP contribution >= 0.6 is 0 Å². The third-order valence-electron chi connectivity index (χ3n) is 5.65. The number of ether oxygens (including phenoxy) is 1. The topological polar surface area (TPSA) is 101 Å². The summed E-state index contributed by atoms with van der Waals surface area (Å²) in [7, 11) is 0. The van der Waals surface area contributed by atoms with Gasteiger partial charge >= 0.3 is 137 Å². The molecule has 1 aliphatic heterocycles. The van der Waals surface area contributed by atoms with Crippen LogP contribution in [0.25, 0.3) is 21.8 Å². The Morgan fingerprint density at radius 1 is 1.03 bits per heavy atom. The van der Waals surface area contributed by atoms with E-state index in [1.54, 1.807) is 30.3 Å². The van der Waals surface area contributed by atoms with E-state index >= 15 is 0 Å². The van der Waals surface area contributed by atoms with Gasteiger partial charge in [0.15, 0.2) is 0 Å². The number of anilines is 1. The molecule has 0 bridgehead atoms. The number of amides is 3. The minimum Gasteiger partial charge on any atom is -0.269 e. The molecular formula is C24H20N4O4Se. The first-order valence-corrected chi connectivity index (χ1v) is 12.2. The van der Waals surface area contributed by atoms with E-state index in [1.165, 1.54) is 4.90 Å². The van der Waals surface area contributed by atoms with Gasteiger partial charge in [-0.25, -0.2) is 0 Å². The Morgan fingerprint density at radius 3 is 2.64 bits per heavy atom. The summed E-state index contributed by atoms with van der Waals surface area (Å²) in [4.78, 5) is 39.8. The number of nitrogens with zero attached hydrogens (tertiary/aromatic N) is 3. The van der Waals surface area contributed by atoms with Crippen molar-refractivity contribution in [3.8, 4) is 0 Å². The molecule has 0 radical (unpaired) electrons. The SMILES string of the molecule is CCCCN1C(=O)c2cccc3c(NC(=O)OCc4ccc5n[se]nc5c4)ccc(c23)C1=O. The summed E-state index contributed by atoms with van der Waals surface area (Å²) < 4.78 is 14.0. The molecule has 0 aliphatic carbocycles. The van der Waals surface area contributed by atoms with Crippen molar-refractivity contribution < 1.29 is 19.1 Å². The molecule has 0 unspecified atom stereocenters. The third-order valence-corrected chi connectivity index (χ3v) is 6.82. The summed E-state index contributed by atoms with van der Waals surface area (Å²) in [6.07, 6.45) is 1.01. The van der Waals surface area contributed by atoms with E-state index in [4.69, 9.17) is 4.74 Å². The Bertz CT molecular complexity index is 1390. The number of hydrogen-bond acceptors (Lipinski definition) is 6. The van der Waals surface area contributed by atoms with Crippen molar-refractivity contribution in [1.82, 2.24) is 12.9 Å². The third kappa shape index (κ3) is 3.90. The van der Waals surface area contributed by atoms with Gasteiger partial charge in [0.2, 0.25) is 0 Å². The monoisotopic (exact) mass is 508 g/mol. The van der Waals surface area contributed by atoms with Crippen molar-refractivity contribution in [2.45, 2.75) is 26.4 Å². The van der Waals surface area contributed by atoms with Crippen LogP contribution in [0, 0.1) is 0 Å². The molecule has 8 nitrogen and oxygen atoms in total. The van der Waals surface area contributed by atoms with Gasteiger partial charge in [-0.15, -0.1) is 0 Å². The molecule has 0 spiro atoms. The van der Waals surface area contributed by atoms with Gasteiger partial charge in [-0.05, 0) is 12.5 Å². The van der Waals surface area contributed by atoms with E-state index in [0.29, 0.717) is 34.1 Å². The van der Waals surface area contributed by atoms with Crippen LogP contribution in [-0.2, 0) is 11.3 Å². The second-order valence-corrected chi connectivity index (χ2v) is 8.90. The average Bonchev–Trinajstić information content (AvgIpc) is 3.30. The van der Waals surface area contributed by atoms with E-state index in [9.17, 15) is 14.4 Å². The van der Waals surface area contributed by atoms with Gasteiger partial charge in [0.1, 0.15) is 0 Å². The van der Waals surface area contributed by atoms with Crippen LogP contribution < -0.4 is 5.32 Å². The van der Waals surface area contributed by atoms with Crippen LogP contribution in [0.3, 0.4) is 0 Å². The van der Waals surface area contributed by atoms with Crippen molar-refractivity contribution in [1.29, 1.82) is 0 Å². The minimum atomic E-state index is -0.625. The molecule has 33 heavy (non-hydrogen) atoms. The molecule has 4 aromatic rings. The van der Waals surface area contributed by atoms with Crippen LogP contribution in [0.5, 0.6) is 0 Å². The number of benzene rings is 3. The Balaban J connectivity index is 1.38. The van der Waals surface area contributed by atoms with E-state index in [0.717, 1.165) is 29.4 Å². The summed E-state index contributed by atoms with van der Waals surface area (Å²) in [5, 5.41) is 3.93. The summed E-state index contributed by atoms with van der Waals surface area (Å²) >= 11 is -0.108. The maximum Gasteiger partial charge on any atom is 0.261 e. The Labute approximate surface area is 195 Å². The zero-order chi connectivity index (χ0) is 22.9. The van der Waals surface area contributed by atoms with E-state index in [2.05, 4.69) is 13.3 Å². The molecule has 0 fully saturated rings. The molecule has 3 amide bonds. The number of rotatable bonds is 6. The predicted octanol–water partition coefficient (Wildman–Crippen LogP) is 3.98. The van der Waals surface area contributed by atoms with Crippen LogP contribution in [0.15, 0.2) is 48.5 Å². The number of nitrogens with one attached hydrogen (secondary N) is 1. The predicted molar refractivity (Wildman–Crippen MR) is 125 cm³/mol. The van der Waals surface area contributed by atoms with E-state index in [-0.39, 0.29) is 33.4 Å². The number of carbonyl (C=O) groups excluding carboxylic acids is 3. The zero-order valence-corrected chi connectivity index (χ0v) is 19.5. The first-order valence-electron chi connectivity index (χ1n) is 10.6. The maximum atomic E-state index is 13.0. The molecule has 1 N–H and O–H groups in total. The minimum absolute atomic E-state index is 0.0895. The summed E-state index contributed by atoms with van der Waals surface area (Å²) in [5.41, 5.74) is 3.91. The van der Waals surface area contributed by atoms with Crippen molar-refractivity contribution in [2.75, 3.05) is 11.9 Å². The number of unbranched alkanes of at least 4 members (excludes halogenated alkanes) is 1. The number of imide groups is 1. The van der Waals surface area contributed by atoms with Gasteiger partial charge in [-0.2, -0.15) is 0 Å². The summed E-state index contributed by atoms with van der Waals surface area (Å²) in [6, 6.07) is 14.2. The van der Waals surface area contributed by atoms with Crippen molar-refractivity contribution >= 4 is 60.4 Å². The van der Waals surface area contributed by atoms with Crippen LogP contribution in [0.2, 0.25) is 0 Å². The van der Waals surface area contributed by atoms with Gasteiger partial charge in [-0.3, -0.25) is 14.5 Å². The Hall–Kier alpha value is -3.55. The molecular weight excluding hydrogens is 487 g/mol. The quantitative estimate of drug-likeness (QED) is 0.313. The zero-order valence-electron chi connectivity index (χ0n) is 17.8. The van der Waals surface area contributed by atoms with Gasteiger partial charge in [0.25, 0.3) is 11.8 Å². The van der Waals surface area contributed by atoms with E-state index < -0.39 is 6.09 Å². The molecule has 0 saturated carbocycles. The fraction of sp³-hybridized carbons (Fsp3) is 0.208. The largest absolute Gasteiger partial charge is 0.269 e. The van der Waals surface area contributed by atoms with Crippen LogP contribution in [0.4, 0.5) is 10.5 Å². The van der Waals surface area contributed by atoms with Gasteiger partial charge in [-0.1, -0.05) is 13.3 Å². The molecule has 3 aromatic carbocycles. The molecule has 0 atom stereocenters. The van der Waals surface area contributed by atoms with Crippen LogP contribution in [0.1, 0.15) is 46.0 Å². The summed E-state index contributed by atoms with van der Waals surface area (Å²) in [6.45, 7) is 2.49. The average molecular weight is 507 g/mol. The Kier molecular flexibility index (Phi) is 5.66. The first kappa shape index (κ1) is 21.3. The standard InChI is InChI=1S/C24H20N4O4Se/c1-2-3-11-28-22(29)16-6-4-5-15-18(10-8-17(21(15)16)23(28)30)25-24(31)32-13-14-7-9-19-20(12-14)27-33-26-19/h4-10,12H,2-3,11,13H2,1H3,(H,25,31). The molecule has 0 saturated heterocycles. The second kappa shape index (κ2) is 8.77. The molecule has 166 valence electrons. The van der Waals surface area contributed by atoms with Gasteiger partial charge in [0.05, 0.1) is 0 Å². The first-order chi connectivity index (χ1) is 16.1. The van der Waals surface area contributed by atoms with Crippen molar-refractivity contribution in [3.63, 3.8) is 0 Å². The van der Waals surface area contributed by atoms with Crippen LogP contribution in [-0.4, -0.2) is 52.3 Å². The molecule has 5 rings (SSSR count). The number of aromatic nitrogens is 2. The fourth-order valence-electron chi connectivity index (χ4n) is 3.99. The maximum absolute atomic E-state index is 13.0. The van der Waals surface area contributed by atoms with E-state index in [1.807, 2.05) is 25.1 Å². The van der Waals surface area contributed by atoms with Gasteiger partial charge in [0, 0.05) is 6.54 Å². The molecule has 1 aliphatic rings. The van der Waals surface area contributed by atoms with Crippen molar-refractivity contribution in [2.24, 2.45) is 0 Å². The number of fused-ring (bicyclic) bond motifs is 1. The Morgan fingerprint density at radius 2 is 1.82 bits per heavy atom.